The van der Waals surface area contributed by atoms with Crippen LogP contribution < -0.4 is 0 Å². The molecule has 0 N–H and O–H groups in total. The lowest BCUT2D eigenvalue weighted by Crippen LogP contribution is -2.50. The molecule has 4 bridgehead atoms. The Morgan fingerprint density at radius 2 is 1.05 bits per heavy atom. The van der Waals surface area contributed by atoms with E-state index in [1.54, 1.807) is 0 Å². The van der Waals surface area contributed by atoms with E-state index in [2.05, 4.69) is 41.5 Å². The van der Waals surface area contributed by atoms with E-state index in [9.17, 15) is 9.59 Å². The fourth-order valence-corrected chi connectivity index (χ4v) is 6.96. The van der Waals surface area contributed by atoms with E-state index in [0.717, 1.165) is 12.8 Å². The van der Waals surface area contributed by atoms with E-state index in [-0.39, 0.29) is 34.5 Å². The molecule has 8 atom stereocenters. The second-order valence-corrected chi connectivity index (χ2v) is 9.97. The molecule has 122 valence electrons. The van der Waals surface area contributed by atoms with Crippen LogP contribution in [0.2, 0.25) is 0 Å². The minimum atomic E-state index is 0.0328. The Hall–Kier alpha value is -0.660. The van der Waals surface area contributed by atoms with E-state index in [1.165, 1.54) is 0 Å². The summed E-state index contributed by atoms with van der Waals surface area (Å²) in [4.78, 5) is 26.0. The Labute approximate surface area is 134 Å². The number of hydrogen-bond acceptors (Lipinski definition) is 2. The maximum Gasteiger partial charge on any atom is 0.140 e. The van der Waals surface area contributed by atoms with Crippen molar-refractivity contribution in [2.75, 3.05) is 0 Å². The predicted molar refractivity (Wildman–Crippen MR) is 86.1 cm³/mol. The van der Waals surface area contributed by atoms with Crippen LogP contribution >= 0.6 is 0 Å². The van der Waals surface area contributed by atoms with Crippen LogP contribution in [-0.4, -0.2) is 11.6 Å². The van der Waals surface area contributed by atoms with Crippen molar-refractivity contribution in [2.45, 2.75) is 54.4 Å². The molecule has 4 saturated carbocycles. The van der Waals surface area contributed by atoms with E-state index in [4.69, 9.17) is 0 Å². The molecule has 0 aromatic heterocycles. The largest absolute Gasteiger partial charge is 0.299 e. The summed E-state index contributed by atoms with van der Waals surface area (Å²) in [6.45, 7) is 13.8. The third-order valence-corrected chi connectivity index (χ3v) is 9.12. The number of carbonyl (C=O) groups is 2. The normalized spacial score (nSPS) is 54.5. The molecule has 0 spiro atoms. The summed E-state index contributed by atoms with van der Waals surface area (Å²) < 4.78 is 0. The highest BCUT2D eigenvalue weighted by atomic mass is 16.1. The van der Waals surface area contributed by atoms with Crippen molar-refractivity contribution in [1.82, 2.24) is 0 Å². The minimum Gasteiger partial charge on any atom is -0.299 e. The molecule has 0 saturated heterocycles. The molecule has 0 aromatic rings. The van der Waals surface area contributed by atoms with Crippen LogP contribution in [0.5, 0.6) is 0 Å². The smallest absolute Gasteiger partial charge is 0.140 e. The average Bonchev–Trinajstić information content (AvgIpc) is 3.06. The topological polar surface area (TPSA) is 34.1 Å². The molecule has 0 unspecified atom stereocenters. The van der Waals surface area contributed by atoms with Crippen molar-refractivity contribution < 1.29 is 9.59 Å². The monoisotopic (exact) mass is 302 g/mol. The van der Waals surface area contributed by atoms with Crippen molar-refractivity contribution in [3.63, 3.8) is 0 Å². The standard InChI is InChI=1S/C20H30O2/c1-9-11-7-13(19(9,3)4)15(17(11)21)16-14-8-12(18(16)22)10(2)20(14,5)6/h9-16H,7-8H2,1-6H3/t9-,10+,11-,12+,13+,14-,15-,16-/m1/s1. The van der Waals surface area contributed by atoms with Crippen molar-refractivity contribution >= 4 is 11.6 Å². The van der Waals surface area contributed by atoms with Crippen molar-refractivity contribution in [1.29, 1.82) is 0 Å². The van der Waals surface area contributed by atoms with Gasteiger partial charge in [-0.05, 0) is 47.3 Å². The third-order valence-electron chi connectivity index (χ3n) is 9.12. The first-order valence-corrected chi connectivity index (χ1v) is 9.17. The van der Waals surface area contributed by atoms with Gasteiger partial charge in [-0.2, -0.15) is 0 Å². The molecule has 0 aliphatic heterocycles. The molecule has 0 heterocycles. The zero-order valence-electron chi connectivity index (χ0n) is 14.8. The lowest BCUT2D eigenvalue weighted by Gasteiger charge is -2.47. The van der Waals surface area contributed by atoms with Gasteiger partial charge in [-0.3, -0.25) is 9.59 Å². The van der Waals surface area contributed by atoms with Crippen LogP contribution in [0.1, 0.15) is 54.4 Å². The maximum atomic E-state index is 13.0. The van der Waals surface area contributed by atoms with Gasteiger partial charge in [-0.1, -0.05) is 41.5 Å². The van der Waals surface area contributed by atoms with Gasteiger partial charge in [0.1, 0.15) is 11.6 Å². The average molecular weight is 302 g/mol. The first-order valence-electron chi connectivity index (χ1n) is 9.17. The summed E-state index contributed by atoms with van der Waals surface area (Å²) >= 11 is 0. The molecule has 4 rings (SSSR count). The molecule has 4 aliphatic carbocycles. The first kappa shape index (κ1) is 14.9. The van der Waals surface area contributed by atoms with Gasteiger partial charge in [0.2, 0.25) is 0 Å². The van der Waals surface area contributed by atoms with Gasteiger partial charge < -0.3 is 0 Å². The molecular formula is C20H30O2. The van der Waals surface area contributed by atoms with Crippen LogP contribution in [0.4, 0.5) is 0 Å². The Morgan fingerprint density at radius 3 is 1.32 bits per heavy atom. The molecule has 0 aromatic carbocycles. The summed E-state index contributed by atoms with van der Waals surface area (Å²) in [5.41, 5.74) is 0.419. The van der Waals surface area contributed by atoms with Crippen LogP contribution in [0, 0.1) is 58.2 Å². The molecular weight excluding hydrogens is 272 g/mol. The van der Waals surface area contributed by atoms with Crippen LogP contribution in [0.3, 0.4) is 0 Å². The number of fused-ring (bicyclic) bond motifs is 4. The number of hydrogen-bond donors (Lipinski definition) is 0. The van der Waals surface area contributed by atoms with E-state index in [1.807, 2.05) is 0 Å². The van der Waals surface area contributed by atoms with Crippen LogP contribution in [-0.2, 0) is 9.59 Å². The minimum absolute atomic E-state index is 0.0328. The molecule has 2 nitrogen and oxygen atoms in total. The van der Waals surface area contributed by atoms with E-state index in [0.29, 0.717) is 35.2 Å². The highest BCUT2D eigenvalue weighted by Crippen LogP contribution is 2.68. The molecule has 0 radical (unpaired) electrons. The van der Waals surface area contributed by atoms with Crippen molar-refractivity contribution in [2.24, 2.45) is 58.2 Å². The maximum absolute atomic E-state index is 13.0. The summed E-state index contributed by atoms with van der Waals surface area (Å²) in [6, 6.07) is 0. The molecule has 4 aliphatic rings. The van der Waals surface area contributed by atoms with Gasteiger partial charge in [0.15, 0.2) is 0 Å². The van der Waals surface area contributed by atoms with Crippen molar-refractivity contribution in [3.8, 4) is 0 Å². The summed E-state index contributed by atoms with van der Waals surface area (Å²) in [5.74, 6) is 3.19. The number of carbonyl (C=O) groups excluding carboxylic acids is 2. The zero-order chi connectivity index (χ0) is 16.2. The fourth-order valence-electron chi connectivity index (χ4n) is 6.96. The van der Waals surface area contributed by atoms with Gasteiger partial charge in [0.05, 0.1) is 0 Å². The SMILES string of the molecule is C[C@@H]1[C@H]2C[C@@H]([C@H]([C@@H]3C(=O)[C@H]4C[C@H]3C(C)(C)[C@H]4C)C2=O)C1(C)C. The molecule has 2 heteroatoms. The quantitative estimate of drug-likeness (QED) is 0.734. The first-order chi connectivity index (χ1) is 10.1. The second-order valence-electron chi connectivity index (χ2n) is 9.97. The van der Waals surface area contributed by atoms with Gasteiger partial charge >= 0.3 is 0 Å². The predicted octanol–water partition coefficient (Wildman–Crippen LogP) is 3.98. The summed E-state index contributed by atoms with van der Waals surface area (Å²) in [5, 5.41) is 0. The van der Waals surface area contributed by atoms with Gasteiger partial charge in [-0.15, -0.1) is 0 Å². The Kier molecular flexibility index (Phi) is 2.74. The van der Waals surface area contributed by atoms with Crippen LogP contribution in [0.15, 0.2) is 0 Å². The summed E-state index contributed by atoms with van der Waals surface area (Å²) in [6.07, 6.45) is 2.07. The van der Waals surface area contributed by atoms with Gasteiger partial charge in [0, 0.05) is 23.7 Å². The Balaban J connectivity index is 1.72. The highest BCUT2D eigenvalue weighted by molar-refractivity contribution is 5.96. The lowest BCUT2D eigenvalue weighted by atomic mass is 9.55. The lowest BCUT2D eigenvalue weighted by molar-refractivity contribution is -0.145. The number of ketones is 2. The zero-order valence-corrected chi connectivity index (χ0v) is 14.8. The number of Topliss-reactive ketones (excluding diaryl/α,β-unsaturated/α-hetero) is 2. The molecule has 4 fully saturated rings. The van der Waals surface area contributed by atoms with Crippen LogP contribution in [0.25, 0.3) is 0 Å². The Bertz CT molecular complexity index is 508. The van der Waals surface area contributed by atoms with Crippen molar-refractivity contribution in [3.05, 3.63) is 0 Å². The second kappa shape index (κ2) is 4.05. The highest BCUT2D eigenvalue weighted by Gasteiger charge is 2.68. The van der Waals surface area contributed by atoms with Gasteiger partial charge in [0.25, 0.3) is 0 Å². The third kappa shape index (κ3) is 1.43. The van der Waals surface area contributed by atoms with E-state index < -0.39 is 0 Å². The Morgan fingerprint density at radius 1 is 0.727 bits per heavy atom. The van der Waals surface area contributed by atoms with Gasteiger partial charge in [-0.25, -0.2) is 0 Å². The number of rotatable bonds is 1. The molecule has 22 heavy (non-hydrogen) atoms. The molecule has 0 amide bonds. The fraction of sp³-hybridized carbons (Fsp3) is 0.900. The van der Waals surface area contributed by atoms with E-state index >= 15 is 0 Å². The summed E-state index contributed by atoms with van der Waals surface area (Å²) in [7, 11) is 0.